The first kappa shape index (κ1) is 14.8. The van der Waals surface area contributed by atoms with Gasteiger partial charge in [-0.05, 0) is 48.4 Å². The maximum absolute atomic E-state index is 11.9. The predicted octanol–water partition coefficient (Wildman–Crippen LogP) is 2.20. The zero-order valence-electron chi connectivity index (χ0n) is 12.2. The molecule has 110 valence electrons. The largest absolute Gasteiger partial charge is 0.508 e. The quantitative estimate of drug-likeness (QED) is 0.653. The van der Waals surface area contributed by atoms with E-state index in [1.807, 2.05) is 36.9 Å². The molecule has 21 heavy (non-hydrogen) atoms. The van der Waals surface area contributed by atoms with Crippen LogP contribution in [0.25, 0.3) is 0 Å². The summed E-state index contributed by atoms with van der Waals surface area (Å²) in [5, 5.41) is 13.5. The summed E-state index contributed by atoms with van der Waals surface area (Å²) in [4.78, 5) is 11.9. The van der Waals surface area contributed by atoms with Crippen LogP contribution in [0.2, 0.25) is 0 Å². The summed E-state index contributed by atoms with van der Waals surface area (Å²) in [6, 6.07) is 10.6. The van der Waals surface area contributed by atoms with E-state index in [2.05, 4.69) is 10.5 Å². The molecule has 0 fully saturated rings. The second-order valence-corrected chi connectivity index (χ2v) is 4.78. The second-order valence-electron chi connectivity index (χ2n) is 4.78. The van der Waals surface area contributed by atoms with Gasteiger partial charge in [0.15, 0.2) is 0 Å². The van der Waals surface area contributed by atoms with Crippen LogP contribution in [0.4, 0.5) is 0 Å². The first-order valence-corrected chi connectivity index (χ1v) is 6.85. The van der Waals surface area contributed by atoms with Gasteiger partial charge < -0.3 is 9.67 Å². The van der Waals surface area contributed by atoms with Crippen molar-refractivity contribution in [3.63, 3.8) is 0 Å². The fourth-order valence-corrected chi connectivity index (χ4v) is 2.02. The Balaban J connectivity index is 2.02. The third-order valence-electron chi connectivity index (χ3n) is 3.24. The Morgan fingerprint density at radius 2 is 2.00 bits per heavy atom. The summed E-state index contributed by atoms with van der Waals surface area (Å²) in [6.07, 6.45) is 2.88. The number of hydrogen-bond donors (Lipinski definition) is 2. The number of hydrogen-bond acceptors (Lipinski definition) is 3. The molecule has 0 aliphatic carbocycles. The number of nitrogens with zero attached hydrogens (tertiary/aromatic N) is 2. The Kier molecular flexibility index (Phi) is 4.77. The molecule has 1 aromatic carbocycles. The van der Waals surface area contributed by atoms with Crippen molar-refractivity contribution in [1.82, 2.24) is 9.99 Å². The lowest BCUT2D eigenvalue weighted by atomic mass is 10.1. The van der Waals surface area contributed by atoms with Crippen LogP contribution in [-0.2, 0) is 18.3 Å². The number of carbonyl (C=O) groups excluding carboxylic acids is 1. The summed E-state index contributed by atoms with van der Waals surface area (Å²) in [5.74, 6) is 0.0588. The molecule has 2 rings (SSSR count). The van der Waals surface area contributed by atoms with Crippen molar-refractivity contribution in [3.05, 3.63) is 53.9 Å². The van der Waals surface area contributed by atoms with Gasteiger partial charge in [0.2, 0.25) is 5.91 Å². The Bertz CT molecular complexity index is 642. The van der Waals surface area contributed by atoms with Gasteiger partial charge in [0.1, 0.15) is 5.75 Å². The Labute approximate surface area is 123 Å². The molecule has 0 atom stereocenters. The maximum atomic E-state index is 11.9. The van der Waals surface area contributed by atoms with Gasteiger partial charge in [-0.25, -0.2) is 5.43 Å². The Hall–Kier alpha value is -2.56. The van der Waals surface area contributed by atoms with Gasteiger partial charge in [-0.2, -0.15) is 5.10 Å². The molecule has 0 bridgehead atoms. The summed E-state index contributed by atoms with van der Waals surface area (Å²) < 4.78 is 1.91. The number of phenolic OH excluding ortho intramolecular Hbond substituents is 1. The normalized spacial score (nSPS) is 11.4. The summed E-state index contributed by atoms with van der Waals surface area (Å²) >= 11 is 0. The molecule has 5 nitrogen and oxygen atoms in total. The molecule has 0 unspecified atom stereocenters. The number of hydrazone groups is 1. The fourth-order valence-electron chi connectivity index (χ4n) is 2.02. The van der Waals surface area contributed by atoms with Crippen LogP contribution < -0.4 is 5.43 Å². The van der Waals surface area contributed by atoms with E-state index in [0.717, 1.165) is 17.0 Å². The number of aromatic nitrogens is 1. The number of carbonyl (C=O) groups is 1. The van der Waals surface area contributed by atoms with E-state index in [0.29, 0.717) is 12.8 Å². The Morgan fingerprint density at radius 3 is 2.57 bits per heavy atom. The second kappa shape index (κ2) is 6.74. The molecule has 0 radical (unpaired) electrons. The van der Waals surface area contributed by atoms with Crippen LogP contribution in [0.1, 0.15) is 24.6 Å². The monoisotopic (exact) mass is 285 g/mol. The highest BCUT2D eigenvalue weighted by Gasteiger charge is 2.06. The van der Waals surface area contributed by atoms with Crippen molar-refractivity contribution < 1.29 is 9.90 Å². The first-order chi connectivity index (χ1) is 10.1. The number of benzene rings is 1. The summed E-state index contributed by atoms with van der Waals surface area (Å²) in [7, 11) is 1.90. The average molecular weight is 285 g/mol. The highest BCUT2D eigenvalue weighted by Crippen LogP contribution is 2.11. The summed E-state index contributed by atoms with van der Waals surface area (Å²) in [6.45, 7) is 1.97. The van der Waals surface area contributed by atoms with Gasteiger partial charge in [0, 0.05) is 18.9 Å². The molecule has 2 aromatic rings. The minimum Gasteiger partial charge on any atom is -0.508 e. The zero-order valence-corrected chi connectivity index (χ0v) is 12.2. The maximum Gasteiger partial charge on any atom is 0.246 e. The molecule has 0 aliphatic heterocycles. The Morgan fingerprint density at radius 1 is 1.29 bits per heavy atom. The highest BCUT2D eigenvalue weighted by atomic mass is 16.3. The minimum atomic E-state index is -0.151. The van der Waals surface area contributed by atoms with Crippen LogP contribution >= 0.6 is 0 Å². The number of amides is 1. The van der Waals surface area contributed by atoms with Gasteiger partial charge in [-0.3, -0.25) is 4.79 Å². The third-order valence-corrected chi connectivity index (χ3v) is 3.24. The zero-order chi connectivity index (χ0) is 15.2. The summed E-state index contributed by atoms with van der Waals surface area (Å²) in [5.41, 5.74) is 5.18. The molecule has 1 aromatic heterocycles. The van der Waals surface area contributed by atoms with Gasteiger partial charge in [0.25, 0.3) is 0 Å². The van der Waals surface area contributed by atoms with E-state index in [9.17, 15) is 9.90 Å². The van der Waals surface area contributed by atoms with Gasteiger partial charge in [-0.15, -0.1) is 0 Å². The van der Waals surface area contributed by atoms with Gasteiger partial charge in [0.05, 0.1) is 12.1 Å². The standard InChI is InChI=1S/C16H19N3O2/c1-3-15(12-6-8-14(20)9-7-12)17-18-16(21)11-13-5-4-10-19(13)2/h4-10,20H,3,11H2,1-2H3,(H,18,21). The fraction of sp³-hybridized carbons (Fsp3) is 0.250. The van der Waals surface area contributed by atoms with Crippen molar-refractivity contribution in [2.75, 3.05) is 0 Å². The van der Waals surface area contributed by atoms with E-state index < -0.39 is 0 Å². The molecular weight excluding hydrogens is 266 g/mol. The first-order valence-electron chi connectivity index (χ1n) is 6.85. The van der Waals surface area contributed by atoms with E-state index in [1.165, 1.54) is 0 Å². The van der Waals surface area contributed by atoms with E-state index in [4.69, 9.17) is 0 Å². The topological polar surface area (TPSA) is 66.6 Å². The number of rotatable bonds is 5. The van der Waals surface area contributed by atoms with Crippen LogP contribution in [0.3, 0.4) is 0 Å². The van der Waals surface area contributed by atoms with Crippen molar-refractivity contribution in [3.8, 4) is 5.75 Å². The highest BCUT2D eigenvalue weighted by molar-refractivity contribution is 6.01. The molecule has 0 spiro atoms. The lowest BCUT2D eigenvalue weighted by Crippen LogP contribution is -2.22. The lowest BCUT2D eigenvalue weighted by Gasteiger charge is -2.06. The molecule has 5 heteroatoms. The van der Waals surface area contributed by atoms with Crippen LogP contribution in [0, 0.1) is 0 Å². The molecule has 1 heterocycles. The van der Waals surface area contributed by atoms with Gasteiger partial charge >= 0.3 is 0 Å². The van der Waals surface area contributed by atoms with Crippen LogP contribution in [0.5, 0.6) is 5.75 Å². The van der Waals surface area contributed by atoms with Gasteiger partial charge in [-0.1, -0.05) is 6.92 Å². The number of nitrogens with one attached hydrogen (secondary N) is 1. The number of phenols is 1. The van der Waals surface area contributed by atoms with Crippen molar-refractivity contribution in [2.24, 2.45) is 12.1 Å². The SMILES string of the molecule is CCC(=NNC(=O)Cc1cccn1C)c1ccc(O)cc1. The molecule has 0 aliphatic rings. The van der Waals surface area contributed by atoms with Crippen molar-refractivity contribution in [2.45, 2.75) is 19.8 Å². The molecule has 1 amide bonds. The molecule has 0 saturated heterocycles. The average Bonchev–Trinajstić information content (AvgIpc) is 2.87. The molecule has 2 N–H and O–H groups in total. The molecule has 0 saturated carbocycles. The number of aryl methyl sites for hydroxylation is 1. The minimum absolute atomic E-state index is 0.151. The van der Waals surface area contributed by atoms with Crippen molar-refractivity contribution in [1.29, 1.82) is 0 Å². The van der Waals surface area contributed by atoms with E-state index in [-0.39, 0.29) is 11.7 Å². The third kappa shape index (κ3) is 3.95. The number of aromatic hydroxyl groups is 1. The van der Waals surface area contributed by atoms with Crippen molar-refractivity contribution >= 4 is 11.6 Å². The van der Waals surface area contributed by atoms with Crippen LogP contribution in [0.15, 0.2) is 47.7 Å². The van der Waals surface area contributed by atoms with E-state index >= 15 is 0 Å². The molecular formula is C16H19N3O2. The lowest BCUT2D eigenvalue weighted by molar-refractivity contribution is -0.120. The predicted molar refractivity (Wildman–Crippen MR) is 82.2 cm³/mol. The smallest absolute Gasteiger partial charge is 0.246 e. The van der Waals surface area contributed by atoms with E-state index in [1.54, 1.807) is 24.3 Å². The van der Waals surface area contributed by atoms with Crippen LogP contribution in [-0.4, -0.2) is 21.3 Å².